The Labute approximate surface area is 215 Å². The fourth-order valence-corrected chi connectivity index (χ4v) is 4.35. The van der Waals surface area contributed by atoms with Crippen LogP contribution in [0.5, 0.6) is 17.2 Å². The van der Waals surface area contributed by atoms with Gasteiger partial charge in [-0.15, -0.1) is 0 Å². The third kappa shape index (κ3) is 5.45. The lowest BCUT2D eigenvalue weighted by Gasteiger charge is -2.22. The molecule has 0 amide bonds. The Morgan fingerprint density at radius 1 is 0.973 bits per heavy atom. The van der Waals surface area contributed by atoms with Crippen molar-refractivity contribution in [3.63, 3.8) is 0 Å². The molecule has 1 N–H and O–H groups in total. The molecule has 3 aromatic carbocycles. The maximum atomic E-state index is 13.1. The molecular formula is C30H30O7. The molecule has 0 fully saturated rings. The maximum absolute atomic E-state index is 13.1. The van der Waals surface area contributed by atoms with Crippen LogP contribution in [0.4, 0.5) is 0 Å². The molecule has 1 aromatic heterocycles. The molecule has 0 bridgehead atoms. The van der Waals surface area contributed by atoms with Gasteiger partial charge in [0.15, 0.2) is 11.5 Å². The van der Waals surface area contributed by atoms with Gasteiger partial charge in [-0.05, 0) is 35.2 Å². The number of hydrogen-bond donors (Lipinski definition) is 1. The fraction of sp³-hybridized carbons (Fsp3) is 0.267. The average Bonchev–Trinajstić information content (AvgIpc) is 2.91. The first kappa shape index (κ1) is 25.8. The summed E-state index contributed by atoms with van der Waals surface area (Å²) in [6, 6.07) is 20.0. The summed E-state index contributed by atoms with van der Waals surface area (Å²) in [5.41, 5.74) is 2.10. The van der Waals surface area contributed by atoms with Crippen molar-refractivity contribution < 1.29 is 28.5 Å². The van der Waals surface area contributed by atoms with Crippen molar-refractivity contribution >= 4 is 16.9 Å². The van der Waals surface area contributed by atoms with E-state index in [9.17, 15) is 14.7 Å². The molecule has 7 heteroatoms. The number of methoxy groups -OCH3 is 2. The summed E-state index contributed by atoms with van der Waals surface area (Å²) >= 11 is 0. The zero-order valence-corrected chi connectivity index (χ0v) is 21.3. The molecule has 0 unspecified atom stereocenters. The van der Waals surface area contributed by atoms with E-state index in [1.165, 1.54) is 19.8 Å². The summed E-state index contributed by atoms with van der Waals surface area (Å²) in [5, 5.41) is 11.5. The third-order valence-electron chi connectivity index (χ3n) is 6.40. The third-order valence-corrected chi connectivity index (χ3v) is 6.40. The molecule has 0 saturated carbocycles. The highest BCUT2D eigenvalue weighted by atomic mass is 16.5. The Morgan fingerprint density at radius 3 is 2.38 bits per heavy atom. The number of rotatable bonds is 9. The van der Waals surface area contributed by atoms with Crippen molar-refractivity contribution in [3.8, 4) is 17.2 Å². The first-order valence-corrected chi connectivity index (χ1v) is 12.0. The lowest BCUT2D eigenvalue weighted by atomic mass is 9.87. The topological polar surface area (TPSA) is 95.2 Å². The second kappa shape index (κ2) is 11.2. The van der Waals surface area contributed by atoms with Crippen molar-refractivity contribution in [2.45, 2.75) is 38.7 Å². The molecule has 192 valence electrons. The summed E-state index contributed by atoms with van der Waals surface area (Å²) < 4.78 is 22.2. The molecule has 37 heavy (non-hydrogen) atoms. The second-order valence-electron chi connectivity index (χ2n) is 9.04. The highest BCUT2D eigenvalue weighted by Gasteiger charge is 2.31. The average molecular weight is 503 g/mol. The molecule has 7 nitrogen and oxygen atoms in total. The molecule has 0 radical (unpaired) electrons. The maximum Gasteiger partial charge on any atom is 0.343 e. The number of ether oxygens (including phenoxy) is 3. The van der Waals surface area contributed by atoms with E-state index in [-0.39, 0.29) is 29.9 Å². The van der Waals surface area contributed by atoms with Gasteiger partial charge < -0.3 is 23.7 Å². The number of para-hydroxylation sites is 2. The zero-order chi connectivity index (χ0) is 26.5. The zero-order valence-electron chi connectivity index (χ0n) is 21.3. The van der Waals surface area contributed by atoms with Gasteiger partial charge in [-0.2, -0.15) is 0 Å². The van der Waals surface area contributed by atoms with Gasteiger partial charge in [-0.25, -0.2) is 4.79 Å². The van der Waals surface area contributed by atoms with Gasteiger partial charge in [0.2, 0.25) is 0 Å². The Morgan fingerprint density at radius 2 is 1.70 bits per heavy atom. The molecule has 0 aliphatic rings. The number of benzene rings is 3. The lowest BCUT2D eigenvalue weighted by Crippen LogP contribution is -2.19. The SMILES string of the molecule is COC(=O)C[C@H](c1cccc(OC)c1OCc1ccc(C(C)C)cc1)c1c(O)c2ccccc2oc1=O. The van der Waals surface area contributed by atoms with Crippen LogP contribution in [0.15, 0.2) is 75.9 Å². The second-order valence-corrected chi connectivity index (χ2v) is 9.04. The van der Waals surface area contributed by atoms with Crippen molar-refractivity contribution in [1.82, 2.24) is 0 Å². The first-order chi connectivity index (χ1) is 17.8. The van der Waals surface area contributed by atoms with Crippen molar-refractivity contribution in [3.05, 3.63) is 99.4 Å². The minimum Gasteiger partial charge on any atom is -0.507 e. The summed E-state index contributed by atoms with van der Waals surface area (Å²) in [4.78, 5) is 25.6. The van der Waals surface area contributed by atoms with Crippen LogP contribution >= 0.6 is 0 Å². The number of fused-ring (bicyclic) bond motifs is 1. The molecule has 0 spiro atoms. The van der Waals surface area contributed by atoms with E-state index in [1.54, 1.807) is 42.5 Å². The predicted molar refractivity (Wildman–Crippen MR) is 140 cm³/mol. The van der Waals surface area contributed by atoms with Gasteiger partial charge in [0, 0.05) is 11.5 Å². The van der Waals surface area contributed by atoms with E-state index in [4.69, 9.17) is 18.6 Å². The fourth-order valence-electron chi connectivity index (χ4n) is 4.35. The molecular weight excluding hydrogens is 472 g/mol. The van der Waals surface area contributed by atoms with Crippen LogP contribution in [-0.2, 0) is 16.1 Å². The summed E-state index contributed by atoms with van der Waals surface area (Å²) in [6.07, 6.45) is -0.222. The highest BCUT2D eigenvalue weighted by Crippen LogP contribution is 2.43. The molecule has 0 aliphatic heterocycles. The van der Waals surface area contributed by atoms with Crippen LogP contribution in [0, 0.1) is 0 Å². The molecule has 0 aliphatic carbocycles. The van der Waals surface area contributed by atoms with E-state index < -0.39 is 17.5 Å². The molecule has 1 atom stereocenters. The molecule has 4 rings (SSSR count). The largest absolute Gasteiger partial charge is 0.507 e. The summed E-state index contributed by atoms with van der Waals surface area (Å²) in [7, 11) is 2.78. The number of esters is 1. The molecule has 1 heterocycles. The van der Waals surface area contributed by atoms with Crippen LogP contribution in [-0.4, -0.2) is 25.3 Å². The minimum absolute atomic E-state index is 0.0523. The van der Waals surface area contributed by atoms with Gasteiger partial charge in [0.25, 0.3) is 0 Å². The van der Waals surface area contributed by atoms with E-state index >= 15 is 0 Å². The number of aromatic hydroxyl groups is 1. The standard InChI is InChI=1S/C30H30O7/c1-18(2)20-14-12-19(13-15-20)17-36-29-21(9-7-11-25(29)34-3)23(16-26(31)35-4)27-28(32)22-8-5-6-10-24(22)37-30(27)33/h5-15,18,23,32H,16-17H2,1-4H3/t23-/m1/s1. The Balaban J connectivity index is 1.82. The van der Waals surface area contributed by atoms with Crippen LogP contribution in [0.1, 0.15) is 54.4 Å². The van der Waals surface area contributed by atoms with E-state index in [1.807, 2.05) is 12.1 Å². The van der Waals surface area contributed by atoms with Crippen molar-refractivity contribution in [2.24, 2.45) is 0 Å². The lowest BCUT2D eigenvalue weighted by molar-refractivity contribution is -0.140. The Hall–Kier alpha value is -4.26. The van der Waals surface area contributed by atoms with Gasteiger partial charge >= 0.3 is 11.6 Å². The van der Waals surface area contributed by atoms with E-state index in [2.05, 4.69) is 26.0 Å². The number of carbonyl (C=O) groups excluding carboxylic acids is 1. The number of hydrogen-bond acceptors (Lipinski definition) is 7. The smallest absolute Gasteiger partial charge is 0.343 e. The van der Waals surface area contributed by atoms with Crippen LogP contribution < -0.4 is 15.1 Å². The van der Waals surface area contributed by atoms with Gasteiger partial charge in [0.05, 0.1) is 31.6 Å². The van der Waals surface area contributed by atoms with Crippen molar-refractivity contribution in [2.75, 3.05) is 14.2 Å². The summed E-state index contributed by atoms with van der Waals surface area (Å²) in [5.74, 6) is -0.527. The monoisotopic (exact) mass is 502 g/mol. The van der Waals surface area contributed by atoms with Crippen LogP contribution in [0.2, 0.25) is 0 Å². The van der Waals surface area contributed by atoms with E-state index in [0.717, 1.165) is 5.56 Å². The highest BCUT2D eigenvalue weighted by molar-refractivity contribution is 5.85. The number of carbonyl (C=O) groups is 1. The quantitative estimate of drug-likeness (QED) is 0.225. The minimum atomic E-state index is -0.915. The van der Waals surface area contributed by atoms with Crippen LogP contribution in [0.25, 0.3) is 11.0 Å². The first-order valence-electron chi connectivity index (χ1n) is 12.0. The van der Waals surface area contributed by atoms with Gasteiger partial charge in [0.1, 0.15) is 17.9 Å². The Kier molecular flexibility index (Phi) is 7.82. The molecule has 4 aromatic rings. The normalized spacial score (nSPS) is 11.9. The summed E-state index contributed by atoms with van der Waals surface area (Å²) in [6.45, 7) is 4.49. The van der Waals surface area contributed by atoms with Crippen molar-refractivity contribution in [1.29, 1.82) is 0 Å². The molecule has 0 saturated heterocycles. The van der Waals surface area contributed by atoms with E-state index in [0.29, 0.717) is 28.4 Å². The Bertz CT molecular complexity index is 1450. The van der Waals surface area contributed by atoms with Crippen LogP contribution in [0.3, 0.4) is 0 Å². The predicted octanol–water partition coefficient (Wildman–Crippen LogP) is 5.90. The van der Waals surface area contributed by atoms with Gasteiger partial charge in [-0.3, -0.25) is 4.79 Å². The van der Waals surface area contributed by atoms with Gasteiger partial charge in [-0.1, -0.05) is 62.4 Å².